The van der Waals surface area contributed by atoms with Crippen molar-refractivity contribution < 1.29 is 14.1 Å². The van der Waals surface area contributed by atoms with E-state index in [1.807, 2.05) is 0 Å². The van der Waals surface area contributed by atoms with Gasteiger partial charge >= 0.3 is 0 Å². The molecule has 0 N–H and O–H groups in total. The first kappa shape index (κ1) is 15.7. The van der Waals surface area contributed by atoms with E-state index < -0.39 is 0 Å². The molecule has 1 atom stereocenters. The molecule has 4 rings (SSSR count). The molecule has 2 aromatic rings. The van der Waals surface area contributed by atoms with E-state index in [-0.39, 0.29) is 23.7 Å². The monoisotopic (exact) mass is 342 g/mol. The molecular weight excluding hydrogens is 324 g/mol. The lowest BCUT2D eigenvalue weighted by molar-refractivity contribution is -0.130. The van der Waals surface area contributed by atoms with Gasteiger partial charge in [-0.15, -0.1) is 0 Å². The van der Waals surface area contributed by atoms with Crippen LogP contribution in [0.15, 0.2) is 23.2 Å². The molecule has 0 bridgehead atoms. The van der Waals surface area contributed by atoms with E-state index in [2.05, 4.69) is 20.1 Å². The van der Waals surface area contributed by atoms with Crippen LogP contribution >= 0.6 is 0 Å². The van der Waals surface area contributed by atoms with Crippen molar-refractivity contribution in [2.24, 2.45) is 5.41 Å². The van der Waals surface area contributed by atoms with Gasteiger partial charge in [0.2, 0.25) is 17.7 Å². The molecule has 0 unspecified atom stereocenters. The number of likely N-dealkylation sites (tertiary alicyclic amines) is 1. The van der Waals surface area contributed by atoms with E-state index >= 15 is 0 Å². The lowest BCUT2D eigenvalue weighted by Gasteiger charge is -2.23. The summed E-state index contributed by atoms with van der Waals surface area (Å²) in [6.07, 6.45) is 6.05. The van der Waals surface area contributed by atoms with E-state index in [1.54, 1.807) is 29.1 Å². The maximum absolute atomic E-state index is 12.5. The fraction of sp³-hybridized carbons (Fsp3) is 0.500. The van der Waals surface area contributed by atoms with E-state index in [0.29, 0.717) is 43.5 Å². The third kappa shape index (κ3) is 2.97. The van der Waals surface area contributed by atoms with Crippen molar-refractivity contribution in [3.8, 4) is 0 Å². The van der Waals surface area contributed by atoms with Gasteiger partial charge < -0.3 is 14.3 Å². The summed E-state index contributed by atoms with van der Waals surface area (Å²) in [5, 5.41) is 3.70. The summed E-state index contributed by atoms with van der Waals surface area (Å²) in [5.41, 5.74) is 0.503. The summed E-state index contributed by atoms with van der Waals surface area (Å²) in [6, 6.07) is 0. The summed E-state index contributed by atoms with van der Waals surface area (Å²) >= 11 is 0. The van der Waals surface area contributed by atoms with Crippen molar-refractivity contribution in [2.45, 2.75) is 26.2 Å². The number of amides is 2. The van der Waals surface area contributed by atoms with Gasteiger partial charge in [-0.3, -0.25) is 9.59 Å². The van der Waals surface area contributed by atoms with Gasteiger partial charge in [-0.25, -0.2) is 9.97 Å². The van der Waals surface area contributed by atoms with Crippen LogP contribution < -0.4 is 4.90 Å². The van der Waals surface area contributed by atoms with Crippen LogP contribution in [0, 0.1) is 12.3 Å². The Morgan fingerprint density at radius 3 is 2.84 bits per heavy atom. The highest BCUT2D eigenvalue weighted by Gasteiger charge is 2.48. The number of aromatic nitrogens is 4. The topological polar surface area (TPSA) is 105 Å². The average molecular weight is 342 g/mol. The predicted molar refractivity (Wildman–Crippen MR) is 85.4 cm³/mol. The zero-order chi connectivity index (χ0) is 17.4. The van der Waals surface area contributed by atoms with Crippen molar-refractivity contribution in [1.82, 2.24) is 25.0 Å². The molecule has 2 aliphatic rings. The number of carbonyl (C=O) groups excluding carboxylic acids is 2. The van der Waals surface area contributed by atoms with Crippen molar-refractivity contribution in [1.29, 1.82) is 0 Å². The molecule has 0 aromatic carbocycles. The molecule has 0 saturated carbocycles. The van der Waals surface area contributed by atoms with Crippen LogP contribution in [-0.2, 0) is 16.0 Å². The third-order valence-corrected chi connectivity index (χ3v) is 4.84. The Labute approximate surface area is 144 Å². The van der Waals surface area contributed by atoms with E-state index in [0.717, 1.165) is 6.42 Å². The number of anilines is 1. The summed E-state index contributed by atoms with van der Waals surface area (Å²) in [5.74, 6) is 0.850. The first-order valence-electron chi connectivity index (χ1n) is 8.17. The quantitative estimate of drug-likeness (QED) is 0.793. The minimum atomic E-state index is -0.201. The van der Waals surface area contributed by atoms with Gasteiger partial charge in [0.1, 0.15) is 12.7 Å². The molecule has 25 heavy (non-hydrogen) atoms. The number of carbonyl (C=O) groups is 2. The second-order valence-electron chi connectivity index (χ2n) is 6.73. The standard InChI is InChI=1S/C16H18N6O3/c1-11-19-13(25-20-11)4-14(23)21-3-2-16(8-21)5-15(24)22(9-16)12-6-17-10-18-7-12/h6-7,10H,2-5,8-9H2,1H3/t16-/m1/s1. The smallest absolute Gasteiger partial charge is 0.236 e. The highest BCUT2D eigenvalue weighted by Crippen LogP contribution is 2.41. The fourth-order valence-corrected chi connectivity index (χ4v) is 3.64. The van der Waals surface area contributed by atoms with Gasteiger partial charge in [-0.05, 0) is 13.3 Å². The maximum atomic E-state index is 12.5. The van der Waals surface area contributed by atoms with Crippen molar-refractivity contribution in [3.05, 3.63) is 30.4 Å². The molecule has 0 aliphatic carbocycles. The highest BCUT2D eigenvalue weighted by atomic mass is 16.5. The molecule has 0 radical (unpaired) electrons. The Bertz CT molecular complexity index is 807. The molecule has 9 nitrogen and oxygen atoms in total. The number of hydrogen-bond donors (Lipinski definition) is 0. The third-order valence-electron chi connectivity index (χ3n) is 4.84. The van der Waals surface area contributed by atoms with Gasteiger partial charge in [0, 0.05) is 31.5 Å². The zero-order valence-electron chi connectivity index (χ0n) is 13.9. The first-order chi connectivity index (χ1) is 12.0. The van der Waals surface area contributed by atoms with Crippen LogP contribution in [0.5, 0.6) is 0 Å². The Kier molecular flexibility index (Phi) is 3.70. The Morgan fingerprint density at radius 1 is 1.32 bits per heavy atom. The number of aryl methyl sites for hydroxylation is 1. The summed E-state index contributed by atoms with van der Waals surface area (Å²) < 4.78 is 5.02. The van der Waals surface area contributed by atoms with Gasteiger partial charge in [0.15, 0.2) is 5.82 Å². The van der Waals surface area contributed by atoms with E-state index in [9.17, 15) is 9.59 Å². The largest absolute Gasteiger partial charge is 0.342 e. The second kappa shape index (κ2) is 5.91. The Morgan fingerprint density at radius 2 is 2.12 bits per heavy atom. The van der Waals surface area contributed by atoms with E-state index in [4.69, 9.17) is 4.52 Å². The van der Waals surface area contributed by atoms with Gasteiger partial charge in [0.25, 0.3) is 0 Å². The second-order valence-corrected chi connectivity index (χ2v) is 6.73. The molecule has 2 amide bonds. The minimum absolute atomic E-state index is 0.0468. The number of nitrogens with zero attached hydrogens (tertiary/aromatic N) is 6. The van der Waals surface area contributed by atoms with E-state index in [1.165, 1.54) is 6.33 Å². The SMILES string of the molecule is Cc1noc(CC(=O)N2CC[C@@]3(CC(=O)N(c4cncnc4)C3)C2)n1. The molecule has 2 aliphatic heterocycles. The molecule has 4 heterocycles. The van der Waals surface area contributed by atoms with Gasteiger partial charge in [-0.2, -0.15) is 4.98 Å². The number of rotatable bonds is 3. The van der Waals surface area contributed by atoms with Crippen LogP contribution in [0.4, 0.5) is 5.69 Å². The van der Waals surface area contributed by atoms with Crippen LogP contribution in [-0.4, -0.2) is 56.5 Å². The number of hydrogen-bond acceptors (Lipinski definition) is 7. The average Bonchev–Trinajstić information content (AvgIpc) is 3.29. The molecule has 130 valence electrons. The van der Waals surface area contributed by atoms with Crippen LogP contribution in [0.3, 0.4) is 0 Å². The molecule has 9 heteroatoms. The fourth-order valence-electron chi connectivity index (χ4n) is 3.64. The molecular formula is C16H18N6O3. The van der Waals surface area contributed by atoms with Gasteiger partial charge in [-0.1, -0.05) is 5.16 Å². The van der Waals surface area contributed by atoms with Crippen LogP contribution in [0.25, 0.3) is 0 Å². The van der Waals surface area contributed by atoms with Crippen LogP contribution in [0.1, 0.15) is 24.6 Å². The summed E-state index contributed by atoms with van der Waals surface area (Å²) in [6.45, 7) is 3.50. The Balaban J connectivity index is 1.43. The van der Waals surface area contributed by atoms with Crippen molar-refractivity contribution in [2.75, 3.05) is 24.5 Å². The molecule has 1 spiro atoms. The first-order valence-corrected chi connectivity index (χ1v) is 8.17. The summed E-state index contributed by atoms with van der Waals surface area (Å²) in [7, 11) is 0. The zero-order valence-corrected chi connectivity index (χ0v) is 13.9. The predicted octanol–water partition coefficient (Wildman–Crippen LogP) is 0.366. The van der Waals surface area contributed by atoms with Crippen molar-refractivity contribution in [3.63, 3.8) is 0 Å². The van der Waals surface area contributed by atoms with Gasteiger partial charge in [0.05, 0.1) is 18.1 Å². The van der Waals surface area contributed by atoms with Crippen molar-refractivity contribution >= 4 is 17.5 Å². The molecule has 2 saturated heterocycles. The summed E-state index contributed by atoms with van der Waals surface area (Å²) in [4.78, 5) is 40.5. The normalized spacial score (nSPS) is 23.0. The highest BCUT2D eigenvalue weighted by molar-refractivity contribution is 5.96. The lowest BCUT2D eigenvalue weighted by Crippen LogP contribution is -2.35. The molecule has 2 fully saturated rings. The maximum Gasteiger partial charge on any atom is 0.236 e. The van der Waals surface area contributed by atoms with Crippen LogP contribution in [0.2, 0.25) is 0 Å². The Hall–Kier alpha value is -2.84. The minimum Gasteiger partial charge on any atom is -0.342 e. The lowest BCUT2D eigenvalue weighted by atomic mass is 9.86. The molecule has 2 aromatic heterocycles.